The van der Waals surface area contributed by atoms with Crippen LogP contribution in [-0.4, -0.2) is 12.1 Å². The number of unbranched alkanes of at least 4 members (excludes halogenated alkanes) is 5. The van der Waals surface area contributed by atoms with E-state index in [-0.39, 0.29) is 11.0 Å². The van der Waals surface area contributed by atoms with Crippen LogP contribution in [0.25, 0.3) is 0 Å². The molecule has 2 unspecified atom stereocenters. The minimum absolute atomic E-state index is 0.0410. The molecule has 0 spiro atoms. The third-order valence-electron chi connectivity index (χ3n) is 7.94. The molecule has 2 atom stereocenters. The summed E-state index contributed by atoms with van der Waals surface area (Å²) in [5.41, 5.74) is 2.51. The van der Waals surface area contributed by atoms with E-state index in [2.05, 4.69) is 68.8 Å². The minimum Gasteiger partial charge on any atom is -0.382 e. The van der Waals surface area contributed by atoms with Crippen LogP contribution in [0.1, 0.15) is 114 Å². The molecule has 2 saturated carbocycles. The van der Waals surface area contributed by atoms with Gasteiger partial charge in [0.15, 0.2) is 24.8 Å². The van der Waals surface area contributed by atoms with Crippen molar-refractivity contribution in [2.75, 3.05) is 10.6 Å². The van der Waals surface area contributed by atoms with Crippen LogP contribution < -0.4 is 19.8 Å². The highest BCUT2D eigenvalue weighted by molar-refractivity contribution is 6.18. The number of nitrogens with one attached hydrogen (secondary N) is 2. The molecule has 0 aromatic carbocycles. The quantitative estimate of drug-likeness (QED) is 0.137. The molecule has 2 aromatic heterocycles. The van der Waals surface area contributed by atoms with Crippen LogP contribution in [0, 0.1) is 0 Å². The third-order valence-corrected chi connectivity index (χ3v) is 8.83. The van der Waals surface area contributed by atoms with E-state index in [0.29, 0.717) is 12.1 Å². The summed E-state index contributed by atoms with van der Waals surface area (Å²) in [6, 6.07) is 9.96. The van der Waals surface area contributed by atoms with Gasteiger partial charge in [0.25, 0.3) is 0 Å². The summed E-state index contributed by atoms with van der Waals surface area (Å²) in [5.74, 6) is 0. The lowest BCUT2D eigenvalue weighted by Gasteiger charge is -2.13. The van der Waals surface area contributed by atoms with Gasteiger partial charge in [-0.1, -0.05) is 51.4 Å². The van der Waals surface area contributed by atoms with E-state index in [1.165, 1.54) is 101 Å². The molecule has 4 nitrogen and oxygen atoms in total. The van der Waals surface area contributed by atoms with Crippen molar-refractivity contribution in [3.05, 3.63) is 49.1 Å². The highest BCUT2D eigenvalue weighted by Gasteiger charge is 2.18. The topological polar surface area (TPSA) is 31.8 Å². The van der Waals surface area contributed by atoms with Gasteiger partial charge in [-0.3, -0.25) is 0 Å². The van der Waals surface area contributed by atoms with E-state index in [1.54, 1.807) is 0 Å². The first kappa shape index (κ1) is 27.5. The van der Waals surface area contributed by atoms with Gasteiger partial charge in [0, 0.05) is 60.6 Å². The van der Waals surface area contributed by atoms with E-state index in [1.807, 2.05) is 0 Å². The summed E-state index contributed by atoms with van der Waals surface area (Å²) in [6.07, 6.45) is 28.5. The van der Waals surface area contributed by atoms with Crippen molar-refractivity contribution in [3.8, 4) is 0 Å². The van der Waals surface area contributed by atoms with E-state index in [4.69, 9.17) is 23.2 Å². The molecule has 6 heteroatoms. The molecule has 0 amide bonds. The summed E-state index contributed by atoms with van der Waals surface area (Å²) in [4.78, 5) is 0. The summed E-state index contributed by atoms with van der Waals surface area (Å²) < 4.78 is 4.27. The summed E-state index contributed by atoms with van der Waals surface area (Å²) in [6.45, 7) is 0. The molecule has 2 aliphatic carbocycles. The molecule has 2 aliphatic rings. The Morgan fingerprint density at radius 3 is 1.28 bits per heavy atom. The van der Waals surface area contributed by atoms with Gasteiger partial charge in [0.05, 0.1) is 0 Å². The Kier molecular flexibility index (Phi) is 11.5. The average molecular weight is 534 g/mol. The molecule has 0 saturated heterocycles. The number of rotatable bonds is 15. The van der Waals surface area contributed by atoms with Gasteiger partial charge >= 0.3 is 0 Å². The fourth-order valence-corrected chi connectivity index (χ4v) is 6.25. The lowest BCUT2D eigenvalue weighted by Crippen LogP contribution is -2.35. The molecular weight excluding hydrogens is 487 g/mol. The molecule has 2 fully saturated rings. The van der Waals surface area contributed by atoms with Gasteiger partial charge < -0.3 is 10.6 Å². The summed E-state index contributed by atoms with van der Waals surface area (Å²) >= 11 is 13.3. The maximum Gasteiger partial charge on any atom is 0.232 e. The second-order valence-corrected chi connectivity index (χ2v) is 11.9. The van der Waals surface area contributed by atoms with Crippen molar-refractivity contribution in [2.24, 2.45) is 0 Å². The predicted octanol–water partition coefficient (Wildman–Crippen LogP) is 8.27. The Labute approximate surface area is 228 Å². The molecule has 2 N–H and O–H groups in total. The molecule has 0 bridgehead atoms. The summed E-state index contributed by atoms with van der Waals surface area (Å²) in [5, 5.41) is 7.29. The molecular formula is C30H46Cl2N4+2. The van der Waals surface area contributed by atoms with Crippen molar-refractivity contribution in [1.29, 1.82) is 0 Å². The molecule has 2 heterocycles. The second-order valence-electron chi connectivity index (χ2n) is 10.9. The third kappa shape index (κ3) is 9.10. The van der Waals surface area contributed by atoms with Gasteiger partial charge in [-0.2, -0.15) is 9.13 Å². The Bertz CT molecular complexity index is 788. The zero-order valence-electron chi connectivity index (χ0n) is 21.9. The number of anilines is 2. The lowest BCUT2D eigenvalue weighted by molar-refractivity contribution is -0.703. The van der Waals surface area contributed by atoms with Crippen molar-refractivity contribution in [2.45, 2.75) is 126 Å². The van der Waals surface area contributed by atoms with E-state index in [9.17, 15) is 0 Å². The van der Waals surface area contributed by atoms with Gasteiger partial charge in [0.2, 0.25) is 11.0 Å². The van der Waals surface area contributed by atoms with Crippen LogP contribution in [0.4, 0.5) is 11.4 Å². The molecule has 2 aromatic rings. The van der Waals surface area contributed by atoms with Crippen molar-refractivity contribution in [3.63, 3.8) is 0 Å². The Hall–Kier alpha value is -1.52. The van der Waals surface area contributed by atoms with Crippen molar-refractivity contribution >= 4 is 34.6 Å². The standard InChI is InChI=1S/C30H44Cl2N4/c31-29(35-21-17-27(18-22-35)33-25-11-7-8-12-25)15-5-3-1-2-4-6-16-30(32)36-23-19-28(20-24-36)34-26-13-9-10-14-26/h17-26,29-30H,1-16H2/p+2. The first-order valence-corrected chi connectivity index (χ1v) is 15.4. The maximum atomic E-state index is 6.66. The van der Waals surface area contributed by atoms with Crippen LogP contribution in [0.15, 0.2) is 49.1 Å². The van der Waals surface area contributed by atoms with Crippen molar-refractivity contribution in [1.82, 2.24) is 0 Å². The highest BCUT2D eigenvalue weighted by Crippen LogP contribution is 2.24. The van der Waals surface area contributed by atoms with Crippen LogP contribution in [0.2, 0.25) is 0 Å². The normalized spacial score (nSPS) is 18.4. The number of alkyl halides is 2. The van der Waals surface area contributed by atoms with E-state index in [0.717, 1.165) is 12.8 Å². The highest BCUT2D eigenvalue weighted by atomic mass is 35.5. The smallest absolute Gasteiger partial charge is 0.232 e. The van der Waals surface area contributed by atoms with Gasteiger partial charge in [-0.15, -0.1) is 0 Å². The number of hydrogen-bond acceptors (Lipinski definition) is 2. The van der Waals surface area contributed by atoms with Gasteiger partial charge in [-0.25, -0.2) is 0 Å². The number of aromatic nitrogens is 2. The van der Waals surface area contributed by atoms with Crippen LogP contribution in [0.5, 0.6) is 0 Å². The SMILES string of the molecule is ClC(CCCCCCCCC(Cl)[n+]1ccc(NC2CCCC2)cc1)[n+]1ccc(NC2CCCC2)cc1. The predicted molar refractivity (Wildman–Crippen MR) is 152 cm³/mol. The minimum atomic E-state index is 0.0410. The zero-order chi connectivity index (χ0) is 25.0. The van der Waals surface area contributed by atoms with Crippen LogP contribution >= 0.6 is 23.2 Å². The Morgan fingerprint density at radius 1 is 0.583 bits per heavy atom. The van der Waals surface area contributed by atoms with Gasteiger partial charge in [0.1, 0.15) is 0 Å². The fraction of sp³-hybridized carbons (Fsp3) is 0.667. The molecule has 198 valence electrons. The Morgan fingerprint density at radius 2 is 0.917 bits per heavy atom. The van der Waals surface area contributed by atoms with Crippen LogP contribution in [-0.2, 0) is 0 Å². The lowest BCUT2D eigenvalue weighted by atomic mass is 10.1. The van der Waals surface area contributed by atoms with E-state index < -0.39 is 0 Å². The largest absolute Gasteiger partial charge is 0.382 e. The maximum absolute atomic E-state index is 6.66. The first-order valence-electron chi connectivity index (χ1n) is 14.5. The van der Waals surface area contributed by atoms with Crippen LogP contribution in [0.3, 0.4) is 0 Å². The number of halogens is 2. The number of hydrogen-bond donors (Lipinski definition) is 2. The van der Waals surface area contributed by atoms with Gasteiger partial charge in [-0.05, 0) is 61.7 Å². The first-order chi connectivity index (χ1) is 17.7. The zero-order valence-corrected chi connectivity index (χ0v) is 23.4. The van der Waals surface area contributed by atoms with E-state index >= 15 is 0 Å². The molecule has 36 heavy (non-hydrogen) atoms. The molecule has 0 aliphatic heterocycles. The fourth-order valence-electron chi connectivity index (χ4n) is 5.68. The average Bonchev–Trinajstić information content (AvgIpc) is 3.61. The molecule has 4 rings (SSSR count). The number of pyridine rings is 2. The monoisotopic (exact) mass is 532 g/mol. The van der Waals surface area contributed by atoms with Crippen molar-refractivity contribution < 1.29 is 9.13 Å². The second kappa shape index (κ2) is 15.0. The number of nitrogens with zero attached hydrogens (tertiary/aromatic N) is 2. The summed E-state index contributed by atoms with van der Waals surface area (Å²) in [7, 11) is 0. The Balaban J connectivity index is 1.02. The molecule has 0 radical (unpaired) electrons.